The highest BCUT2D eigenvalue weighted by Gasteiger charge is 2.48. The van der Waals surface area contributed by atoms with Crippen LogP contribution in [0.25, 0.3) is 0 Å². The Hall–Kier alpha value is -1.42. The monoisotopic (exact) mass is 386 g/mol. The lowest BCUT2D eigenvalue weighted by molar-refractivity contribution is -0.137. The number of esters is 1. The van der Waals surface area contributed by atoms with Crippen LogP contribution in [-0.2, 0) is 9.53 Å². The molecular weight excluding hydrogens is 367 g/mol. The molecule has 1 aliphatic carbocycles. The number of rotatable bonds is 6. The van der Waals surface area contributed by atoms with E-state index in [9.17, 15) is 26.7 Å². The molecule has 0 spiro atoms. The first kappa shape index (κ1) is 21.6. The third-order valence-corrected chi connectivity index (χ3v) is 4.20. The van der Waals surface area contributed by atoms with Crippen LogP contribution in [0.1, 0.15) is 26.7 Å². The first-order valence-corrected chi connectivity index (χ1v) is 8.00. The molecular formula is C15H19F5N2O2S. The number of ether oxygens (including phenoxy) is 1. The van der Waals surface area contributed by atoms with E-state index in [4.69, 9.17) is 5.73 Å². The van der Waals surface area contributed by atoms with Gasteiger partial charge < -0.3 is 10.5 Å². The molecule has 10 heteroatoms. The zero-order valence-electron chi connectivity index (χ0n) is 13.6. The first-order valence-electron chi connectivity index (χ1n) is 7.53. The highest BCUT2D eigenvalue weighted by atomic mass is 32.1. The number of allylic oxidation sites excluding steroid dienone is 2. The highest BCUT2D eigenvalue weighted by molar-refractivity contribution is 7.79. The van der Waals surface area contributed by atoms with E-state index in [0.29, 0.717) is 6.40 Å². The predicted octanol–water partition coefficient (Wildman–Crippen LogP) is 3.44. The summed E-state index contributed by atoms with van der Waals surface area (Å²) < 4.78 is 70.8. The smallest absolute Gasteiger partial charge is 0.414 e. The van der Waals surface area contributed by atoms with Gasteiger partial charge in [-0.15, -0.1) is 0 Å². The number of nitrogens with two attached hydrogens (primary N) is 1. The Morgan fingerprint density at radius 2 is 2.04 bits per heavy atom. The van der Waals surface area contributed by atoms with Gasteiger partial charge in [-0.05, 0) is 12.3 Å². The van der Waals surface area contributed by atoms with Gasteiger partial charge in [-0.3, -0.25) is 0 Å². The summed E-state index contributed by atoms with van der Waals surface area (Å²) in [5.74, 6) is -3.80. The molecule has 0 aromatic heterocycles. The number of hydrogen-bond donors (Lipinski definition) is 1. The standard InChI is InChI=1S/C15H19F5N2O2S/c1-7(2)13(21)14(23)24-6-22-10(5-25)8-3-4-9(16)11(12(8)17)15(18,19)20/h5-8,10,12-13H,3-4,21H2,1-2H3. The summed E-state index contributed by atoms with van der Waals surface area (Å²) in [7, 11) is 0. The normalized spacial score (nSPS) is 24.5. The van der Waals surface area contributed by atoms with Crippen molar-refractivity contribution in [2.45, 2.75) is 51.1 Å². The van der Waals surface area contributed by atoms with Gasteiger partial charge >= 0.3 is 12.1 Å². The van der Waals surface area contributed by atoms with E-state index in [1.165, 1.54) is 0 Å². The highest BCUT2D eigenvalue weighted by Crippen LogP contribution is 2.43. The second-order valence-corrected chi connectivity index (χ2v) is 6.28. The summed E-state index contributed by atoms with van der Waals surface area (Å²) in [5, 5.41) is 0.960. The van der Waals surface area contributed by atoms with E-state index in [2.05, 4.69) is 21.9 Å². The molecule has 142 valence electrons. The SMILES string of the molecule is CC(C)C(N)C(=O)OC=NC(C=S)C1CCC(F)=C(C(F)(F)F)C1F. The van der Waals surface area contributed by atoms with Crippen LogP contribution >= 0.6 is 12.2 Å². The van der Waals surface area contributed by atoms with E-state index in [-0.39, 0.29) is 12.3 Å². The van der Waals surface area contributed by atoms with Gasteiger partial charge in [0, 0.05) is 17.7 Å². The number of carbonyl (C=O) groups excluding carboxylic acids is 1. The third kappa shape index (κ3) is 5.53. The van der Waals surface area contributed by atoms with Gasteiger partial charge in [0.1, 0.15) is 18.0 Å². The Kier molecular flexibility index (Phi) is 7.61. The minimum absolute atomic E-state index is 0.196. The molecule has 0 radical (unpaired) electrons. The van der Waals surface area contributed by atoms with Gasteiger partial charge in [0.05, 0.1) is 11.6 Å². The fraction of sp³-hybridized carbons (Fsp3) is 0.667. The molecule has 4 unspecified atom stereocenters. The van der Waals surface area contributed by atoms with Gasteiger partial charge in [-0.1, -0.05) is 26.1 Å². The molecule has 0 saturated heterocycles. The molecule has 4 atom stereocenters. The van der Waals surface area contributed by atoms with Crippen LogP contribution in [-0.4, -0.2) is 42.2 Å². The Bertz CT molecular complexity index is 563. The largest absolute Gasteiger partial charge is 0.417 e. The quantitative estimate of drug-likeness (QED) is 0.250. The van der Waals surface area contributed by atoms with Crippen molar-refractivity contribution in [2.24, 2.45) is 22.6 Å². The lowest BCUT2D eigenvalue weighted by Crippen LogP contribution is -2.38. The average molecular weight is 386 g/mol. The molecule has 0 aliphatic heterocycles. The van der Waals surface area contributed by atoms with Crippen LogP contribution < -0.4 is 5.73 Å². The van der Waals surface area contributed by atoms with Crippen molar-refractivity contribution in [3.05, 3.63) is 11.4 Å². The molecule has 2 N–H and O–H groups in total. The average Bonchev–Trinajstić information content (AvgIpc) is 2.50. The molecule has 0 aromatic carbocycles. The van der Waals surface area contributed by atoms with Crippen LogP contribution in [0.2, 0.25) is 0 Å². The summed E-state index contributed by atoms with van der Waals surface area (Å²) in [6.45, 7) is 3.39. The Morgan fingerprint density at radius 3 is 2.52 bits per heavy atom. The Morgan fingerprint density at radius 1 is 1.44 bits per heavy atom. The fourth-order valence-corrected chi connectivity index (χ4v) is 2.61. The van der Waals surface area contributed by atoms with Gasteiger partial charge in [0.15, 0.2) is 6.40 Å². The second kappa shape index (κ2) is 8.79. The van der Waals surface area contributed by atoms with Crippen molar-refractivity contribution < 1.29 is 31.5 Å². The van der Waals surface area contributed by atoms with Crippen LogP contribution in [0.5, 0.6) is 0 Å². The van der Waals surface area contributed by atoms with Gasteiger partial charge in [0.25, 0.3) is 0 Å². The lowest BCUT2D eigenvalue weighted by Gasteiger charge is -2.31. The molecule has 4 nitrogen and oxygen atoms in total. The fourth-order valence-electron chi connectivity index (χ4n) is 2.34. The lowest BCUT2D eigenvalue weighted by atomic mass is 9.82. The molecule has 1 rings (SSSR count). The van der Waals surface area contributed by atoms with Gasteiger partial charge in [-0.2, -0.15) is 13.2 Å². The van der Waals surface area contributed by atoms with Crippen molar-refractivity contribution in [3.63, 3.8) is 0 Å². The van der Waals surface area contributed by atoms with Crippen molar-refractivity contribution in [2.75, 3.05) is 0 Å². The summed E-state index contributed by atoms with van der Waals surface area (Å²) >= 11 is 4.68. The van der Waals surface area contributed by atoms with E-state index in [0.717, 1.165) is 5.37 Å². The molecule has 0 aromatic rings. The van der Waals surface area contributed by atoms with E-state index >= 15 is 0 Å². The number of thiocarbonyl (C=S) groups is 1. The maximum absolute atomic E-state index is 14.2. The molecule has 0 fully saturated rings. The molecule has 25 heavy (non-hydrogen) atoms. The van der Waals surface area contributed by atoms with Gasteiger partial charge in [0.2, 0.25) is 0 Å². The minimum Gasteiger partial charge on any atom is -0.414 e. The first-order chi connectivity index (χ1) is 11.5. The number of carbonyl (C=O) groups is 1. The van der Waals surface area contributed by atoms with Crippen molar-refractivity contribution in [3.8, 4) is 0 Å². The minimum atomic E-state index is -5.12. The van der Waals surface area contributed by atoms with E-state index < -0.39 is 54.1 Å². The van der Waals surface area contributed by atoms with Gasteiger partial charge in [-0.25, -0.2) is 18.6 Å². The van der Waals surface area contributed by atoms with Crippen molar-refractivity contribution >= 4 is 30.0 Å². The number of aliphatic imine (C=N–C) groups is 1. The maximum Gasteiger partial charge on any atom is 0.417 e. The number of halogens is 5. The number of alkyl halides is 4. The third-order valence-electron chi connectivity index (χ3n) is 3.92. The Labute approximate surface area is 147 Å². The molecule has 0 heterocycles. The van der Waals surface area contributed by atoms with E-state index in [1.807, 2.05) is 0 Å². The second-order valence-electron chi connectivity index (χ2n) is 6.01. The topological polar surface area (TPSA) is 64.7 Å². The summed E-state index contributed by atoms with van der Waals surface area (Å²) in [5.41, 5.74) is 3.72. The van der Waals surface area contributed by atoms with Crippen LogP contribution in [0.3, 0.4) is 0 Å². The zero-order valence-corrected chi connectivity index (χ0v) is 14.4. The zero-order chi connectivity index (χ0) is 19.4. The van der Waals surface area contributed by atoms with Crippen molar-refractivity contribution in [1.29, 1.82) is 0 Å². The molecule has 0 saturated carbocycles. The van der Waals surface area contributed by atoms with Crippen LogP contribution in [0.15, 0.2) is 16.4 Å². The molecule has 0 bridgehead atoms. The van der Waals surface area contributed by atoms with Crippen molar-refractivity contribution in [1.82, 2.24) is 0 Å². The summed E-state index contributed by atoms with van der Waals surface area (Å²) in [6, 6.07) is -2.09. The summed E-state index contributed by atoms with van der Waals surface area (Å²) in [4.78, 5) is 15.3. The van der Waals surface area contributed by atoms with Crippen LogP contribution in [0.4, 0.5) is 22.0 Å². The number of hydrogen-bond acceptors (Lipinski definition) is 5. The molecule has 1 aliphatic rings. The Balaban J connectivity index is 2.86. The summed E-state index contributed by atoms with van der Waals surface area (Å²) in [6.07, 6.45) is -7.81. The predicted molar refractivity (Wildman–Crippen MR) is 86.6 cm³/mol. The maximum atomic E-state index is 14.2. The molecule has 0 amide bonds. The van der Waals surface area contributed by atoms with E-state index in [1.54, 1.807) is 13.8 Å². The number of nitrogens with zero attached hydrogens (tertiary/aromatic N) is 1. The van der Waals surface area contributed by atoms with Crippen LogP contribution in [0, 0.1) is 11.8 Å².